The summed E-state index contributed by atoms with van der Waals surface area (Å²) in [4.78, 5) is 13.1. The minimum atomic E-state index is -0.175. The van der Waals surface area contributed by atoms with E-state index in [1.54, 1.807) is 12.4 Å². The summed E-state index contributed by atoms with van der Waals surface area (Å²) in [5, 5.41) is 4.70. The molecule has 0 bridgehead atoms. The molecule has 0 aromatic heterocycles. The van der Waals surface area contributed by atoms with Crippen molar-refractivity contribution in [2.75, 3.05) is 0 Å². The molecule has 0 atom stereocenters. The molecular weight excluding hydrogens is 375 g/mol. The van der Waals surface area contributed by atoms with Gasteiger partial charge in [0.25, 0.3) is 0 Å². The number of hydrogen-bond donors (Lipinski definition) is 0. The molecule has 0 unspecified atom stereocenters. The van der Waals surface area contributed by atoms with Gasteiger partial charge in [-0.1, -0.05) is 40.2 Å². The van der Waals surface area contributed by atoms with E-state index in [1.807, 2.05) is 6.21 Å². The quantitative estimate of drug-likeness (QED) is 0.368. The molecule has 0 fully saturated rings. The topological polar surface area (TPSA) is 51.2 Å². The molecule has 4 nitrogen and oxygen atoms in total. The molecule has 0 aliphatic rings. The van der Waals surface area contributed by atoms with Gasteiger partial charge < -0.3 is 5.32 Å². The Morgan fingerprint density at radius 2 is 0.815 bits per heavy atom. The predicted molar refractivity (Wildman–Crippen MR) is 122 cm³/mol. The number of hydrogen-bond acceptors (Lipinski definition) is 3. The van der Waals surface area contributed by atoms with Crippen LogP contribution in [0.3, 0.4) is 0 Å². The molecule has 161 valence electrons. The molecule has 5 heteroatoms. The Bertz CT molecular complexity index is 454. The van der Waals surface area contributed by atoms with Crippen LogP contribution >= 0.6 is 0 Å². The first-order valence-corrected chi connectivity index (χ1v) is 9.51. The van der Waals surface area contributed by atoms with Crippen molar-refractivity contribution in [2.45, 2.75) is 125 Å². The fourth-order valence-corrected chi connectivity index (χ4v) is 1.76. The van der Waals surface area contributed by atoms with Crippen molar-refractivity contribution >= 4 is 18.6 Å². The zero-order chi connectivity index (χ0) is 21.4. The largest absolute Gasteiger partial charge is 0.648 e. The van der Waals surface area contributed by atoms with Gasteiger partial charge >= 0.3 is 0 Å². The monoisotopic (exact) mass is 420 g/mol. The second-order valence-corrected chi connectivity index (χ2v) is 11.3. The van der Waals surface area contributed by atoms with E-state index in [0.29, 0.717) is 0 Å². The molecule has 0 aliphatic carbocycles. The first kappa shape index (κ1) is 31.2. The summed E-state index contributed by atoms with van der Waals surface area (Å²) in [5.41, 5.74) is -0.183. The van der Waals surface area contributed by atoms with Crippen molar-refractivity contribution in [1.29, 1.82) is 0 Å². The summed E-state index contributed by atoms with van der Waals surface area (Å²) in [5.74, 6) is 0. The second-order valence-electron chi connectivity index (χ2n) is 11.3. The van der Waals surface area contributed by atoms with Crippen LogP contribution in [-0.4, -0.2) is 46.3 Å². The molecule has 27 heavy (non-hydrogen) atoms. The predicted octanol–water partition coefficient (Wildman–Crippen LogP) is 6.53. The van der Waals surface area contributed by atoms with Crippen molar-refractivity contribution in [3.63, 3.8) is 0 Å². The Kier molecular flexibility index (Phi) is 13.3. The molecule has 0 saturated heterocycles. The van der Waals surface area contributed by atoms with Crippen LogP contribution in [0.25, 0.3) is 5.32 Å². The smallest absolute Gasteiger partial charge is 0.0524 e. The summed E-state index contributed by atoms with van der Waals surface area (Å²) in [7, 11) is 0. The molecule has 0 heterocycles. The maximum absolute atomic E-state index is 4.70. The maximum Gasteiger partial charge on any atom is 0.0524 e. The first-order valence-electron chi connectivity index (χ1n) is 9.51. The average molecular weight is 421 g/mol. The van der Waals surface area contributed by atoms with Gasteiger partial charge in [-0.3, -0.25) is 15.0 Å². The van der Waals surface area contributed by atoms with Crippen LogP contribution in [0.2, 0.25) is 0 Å². The summed E-state index contributed by atoms with van der Waals surface area (Å²) in [6.07, 6.45) is 5.49. The van der Waals surface area contributed by atoms with Crippen LogP contribution in [0.5, 0.6) is 0 Å². The Balaban J connectivity index is -0.000000416. The van der Waals surface area contributed by atoms with Crippen LogP contribution in [0.4, 0.5) is 0 Å². The molecule has 0 amide bonds. The van der Waals surface area contributed by atoms with Gasteiger partial charge in [0.1, 0.15) is 0 Å². The fourth-order valence-electron chi connectivity index (χ4n) is 1.76. The van der Waals surface area contributed by atoms with E-state index >= 15 is 0 Å². The van der Waals surface area contributed by atoms with Crippen LogP contribution in [0.1, 0.15) is 96.9 Å². The third-order valence-electron chi connectivity index (χ3n) is 2.38. The maximum atomic E-state index is 4.70. The number of rotatable bonds is 3. The molecule has 0 spiro atoms. The van der Waals surface area contributed by atoms with Gasteiger partial charge in [0.15, 0.2) is 0 Å². The van der Waals surface area contributed by atoms with Gasteiger partial charge in [-0.2, -0.15) is 0 Å². The average Bonchev–Trinajstić information content (AvgIpc) is 2.27. The normalized spacial score (nSPS) is 14.4. The standard InChI is InChI=1S/C12H25N2.C10H20N2.Mn/c1-10(2,3)13-9-12(7,8)14-11(4,5)6;1-9(2,3)11-7-8-12-10(4,5)6;/h9H,1-8H3;7-8H,1-6H3;/q-1;;. The SMILES string of the molecule is CC(C)(C)N=CC(C)(C)[N-]C(C)(C)C.CC(C)(C)N=CC=NC(C)(C)C.[Mn]. The van der Waals surface area contributed by atoms with Crippen molar-refractivity contribution in [3.8, 4) is 0 Å². The van der Waals surface area contributed by atoms with Gasteiger partial charge in [0, 0.05) is 29.5 Å². The molecule has 0 saturated carbocycles. The molecule has 0 aromatic carbocycles. The molecule has 1 radical (unpaired) electrons. The zero-order valence-electron chi connectivity index (χ0n) is 20.4. The van der Waals surface area contributed by atoms with E-state index in [-0.39, 0.29) is 44.8 Å². The van der Waals surface area contributed by atoms with Gasteiger partial charge in [-0.15, -0.1) is 5.54 Å². The summed E-state index contributed by atoms with van der Waals surface area (Å²) in [6.45, 7) is 29.2. The van der Waals surface area contributed by atoms with E-state index < -0.39 is 0 Å². The third-order valence-corrected chi connectivity index (χ3v) is 2.38. The first-order chi connectivity index (χ1) is 11.1. The Morgan fingerprint density at radius 3 is 1.04 bits per heavy atom. The minimum absolute atomic E-state index is 0. The van der Waals surface area contributed by atoms with E-state index in [1.165, 1.54) is 0 Å². The van der Waals surface area contributed by atoms with E-state index in [4.69, 9.17) is 5.32 Å². The van der Waals surface area contributed by atoms with Crippen LogP contribution < -0.4 is 0 Å². The summed E-state index contributed by atoms with van der Waals surface area (Å²) >= 11 is 0. The number of nitrogens with zero attached hydrogens (tertiary/aromatic N) is 4. The third kappa shape index (κ3) is 30.5. The van der Waals surface area contributed by atoms with Gasteiger partial charge in [0.2, 0.25) is 0 Å². The van der Waals surface area contributed by atoms with Crippen molar-refractivity contribution < 1.29 is 17.1 Å². The van der Waals surface area contributed by atoms with Gasteiger partial charge in [0.05, 0.1) is 16.6 Å². The molecule has 0 aromatic rings. The zero-order valence-corrected chi connectivity index (χ0v) is 21.6. The number of aliphatic imine (C=N–C) groups is 3. The Hall–Kier alpha value is -0.511. The summed E-state index contributed by atoms with van der Waals surface area (Å²) in [6, 6.07) is 0. The second kappa shape index (κ2) is 11.5. The molecular formula is C22H45MnN4-. The molecule has 0 aliphatic heterocycles. The van der Waals surface area contributed by atoms with Crippen molar-refractivity contribution in [3.05, 3.63) is 5.32 Å². The molecule has 0 rings (SSSR count). The summed E-state index contributed by atoms with van der Waals surface area (Å²) < 4.78 is 0. The fraction of sp³-hybridized carbons (Fsp3) is 0.864. The van der Waals surface area contributed by atoms with Crippen LogP contribution in [0, 0.1) is 0 Å². The van der Waals surface area contributed by atoms with Crippen molar-refractivity contribution in [2.24, 2.45) is 15.0 Å². The Morgan fingerprint density at radius 1 is 0.519 bits per heavy atom. The van der Waals surface area contributed by atoms with Gasteiger partial charge in [-0.25, -0.2) is 0 Å². The molecule has 0 N–H and O–H groups in total. The van der Waals surface area contributed by atoms with Crippen LogP contribution in [0.15, 0.2) is 15.0 Å². The van der Waals surface area contributed by atoms with E-state index in [2.05, 4.69) is 112 Å². The van der Waals surface area contributed by atoms with Crippen LogP contribution in [-0.2, 0) is 17.1 Å². The van der Waals surface area contributed by atoms with E-state index in [0.717, 1.165) is 0 Å². The van der Waals surface area contributed by atoms with Gasteiger partial charge in [-0.05, 0) is 68.5 Å². The Labute approximate surface area is 180 Å². The minimum Gasteiger partial charge on any atom is -0.648 e. The van der Waals surface area contributed by atoms with Crippen molar-refractivity contribution in [1.82, 2.24) is 0 Å². The van der Waals surface area contributed by atoms with E-state index in [9.17, 15) is 0 Å².